The van der Waals surface area contributed by atoms with Gasteiger partial charge in [0.25, 0.3) is 0 Å². The zero-order valence-corrected chi connectivity index (χ0v) is 6.90. The normalized spacial score (nSPS) is 16.7. The van der Waals surface area contributed by atoms with Crippen molar-refractivity contribution >= 4 is 17.7 Å². The number of nitrogens with zero attached hydrogens (tertiary/aromatic N) is 1. The lowest BCUT2D eigenvalue weighted by Gasteiger charge is -1.93. The minimum atomic E-state index is 1.09. The molecule has 1 rings (SSSR count). The van der Waals surface area contributed by atoms with Gasteiger partial charge in [0.05, 0.1) is 0 Å². The highest BCUT2D eigenvalue weighted by molar-refractivity contribution is 8.01. The Hall–Kier alpha value is -0.500. The summed E-state index contributed by atoms with van der Waals surface area (Å²) in [4.78, 5) is 0. The molecule has 0 N–H and O–H groups in total. The standard InChI is InChI=1S/C8H11NS/c1-2-5-8-6-3-4-7-10-9-8/h3-4,6-7H,2,5H2,1H3. The highest BCUT2D eigenvalue weighted by atomic mass is 32.2. The van der Waals surface area contributed by atoms with Crippen molar-refractivity contribution in [2.45, 2.75) is 19.8 Å². The fraction of sp³-hybridized carbons (Fsp3) is 0.375. The van der Waals surface area contributed by atoms with Crippen LogP contribution in [0.1, 0.15) is 19.8 Å². The van der Waals surface area contributed by atoms with Crippen molar-refractivity contribution in [2.24, 2.45) is 4.40 Å². The van der Waals surface area contributed by atoms with E-state index < -0.39 is 0 Å². The molecule has 0 unspecified atom stereocenters. The maximum Gasteiger partial charge on any atom is 0.0490 e. The van der Waals surface area contributed by atoms with Gasteiger partial charge in [0.15, 0.2) is 0 Å². The summed E-state index contributed by atoms with van der Waals surface area (Å²) in [7, 11) is 0. The summed E-state index contributed by atoms with van der Waals surface area (Å²) in [5, 5.41) is 1.99. The Balaban J connectivity index is 2.51. The molecule has 0 spiro atoms. The third-order valence-corrected chi connectivity index (χ3v) is 1.83. The topological polar surface area (TPSA) is 12.4 Å². The molecule has 10 heavy (non-hydrogen) atoms. The van der Waals surface area contributed by atoms with E-state index in [1.54, 1.807) is 0 Å². The molecule has 1 nitrogen and oxygen atoms in total. The third-order valence-electron chi connectivity index (χ3n) is 1.22. The van der Waals surface area contributed by atoms with Crippen LogP contribution in [0.4, 0.5) is 0 Å². The average Bonchev–Trinajstić information content (AvgIpc) is 2.17. The lowest BCUT2D eigenvalue weighted by atomic mass is 10.2. The quantitative estimate of drug-likeness (QED) is 0.555. The fourth-order valence-electron chi connectivity index (χ4n) is 0.761. The van der Waals surface area contributed by atoms with E-state index in [2.05, 4.69) is 17.4 Å². The fourth-order valence-corrected chi connectivity index (χ4v) is 1.27. The Morgan fingerprint density at radius 3 is 3.20 bits per heavy atom. The van der Waals surface area contributed by atoms with Gasteiger partial charge in [-0.25, -0.2) is 4.40 Å². The summed E-state index contributed by atoms with van der Waals surface area (Å²) in [6.07, 6.45) is 8.38. The second-order valence-electron chi connectivity index (χ2n) is 2.13. The first-order valence-electron chi connectivity index (χ1n) is 3.49. The van der Waals surface area contributed by atoms with E-state index in [-0.39, 0.29) is 0 Å². The van der Waals surface area contributed by atoms with Gasteiger partial charge < -0.3 is 0 Å². The Morgan fingerprint density at radius 1 is 1.50 bits per heavy atom. The van der Waals surface area contributed by atoms with Gasteiger partial charge in [0, 0.05) is 17.7 Å². The lowest BCUT2D eigenvalue weighted by Crippen LogP contribution is -1.89. The van der Waals surface area contributed by atoms with Crippen LogP contribution in [0.2, 0.25) is 0 Å². The Morgan fingerprint density at radius 2 is 2.40 bits per heavy atom. The number of hydrogen-bond acceptors (Lipinski definition) is 2. The minimum Gasteiger partial charge on any atom is -0.217 e. The largest absolute Gasteiger partial charge is 0.217 e. The predicted octanol–water partition coefficient (Wildman–Crippen LogP) is 2.96. The Kier molecular flexibility index (Phi) is 3.30. The van der Waals surface area contributed by atoms with Crippen LogP contribution >= 0.6 is 11.9 Å². The molecule has 0 bridgehead atoms. The van der Waals surface area contributed by atoms with E-state index in [4.69, 9.17) is 0 Å². The molecule has 0 amide bonds. The van der Waals surface area contributed by atoms with Crippen LogP contribution in [0.15, 0.2) is 28.0 Å². The second kappa shape index (κ2) is 4.34. The van der Waals surface area contributed by atoms with Crippen LogP contribution in [-0.2, 0) is 0 Å². The molecule has 0 saturated carbocycles. The van der Waals surface area contributed by atoms with Crippen molar-refractivity contribution in [1.29, 1.82) is 0 Å². The average molecular weight is 153 g/mol. The van der Waals surface area contributed by atoms with Gasteiger partial charge >= 0.3 is 0 Å². The minimum absolute atomic E-state index is 1.09. The second-order valence-corrected chi connectivity index (χ2v) is 2.79. The van der Waals surface area contributed by atoms with Crippen LogP contribution < -0.4 is 0 Å². The molecule has 1 aliphatic heterocycles. The first-order chi connectivity index (χ1) is 4.93. The lowest BCUT2D eigenvalue weighted by molar-refractivity contribution is 0.999. The molecule has 0 aromatic carbocycles. The highest BCUT2D eigenvalue weighted by Gasteiger charge is 1.92. The van der Waals surface area contributed by atoms with Crippen LogP contribution in [0.25, 0.3) is 0 Å². The molecule has 0 atom stereocenters. The highest BCUT2D eigenvalue weighted by Crippen LogP contribution is 2.10. The maximum atomic E-state index is 4.27. The molecule has 1 heterocycles. The van der Waals surface area contributed by atoms with Gasteiger partial charge in [0.1, 0.15) is 0 Å². The molecule has 0 aromatic rings. The summed E-state index contributed by atoms with van der Waals surface area (Å²) in [5.41, 5.74) is 1.19. The van der Waals surface area contributed by atoms with Crippen molar-refractivity contribution in [2.75, 3.05) is 0 Å². The van der Waals surface area contributed by atoms with Gasteiger partial charge in [-0.1, -0.05) is 25.5 Å². The monoisotopic (exact) mass is 153 g/mol. The zero-order chi connectivity index (χ0) is 7.23. The summed E-state index contributed by atoms with van der Waals surface area (Å²) in [6.45, 7) is 2.17. The van der Waals surface area contributed by atoms with Crippen molar-refractivity contribution in [1.82, 2.24) is 0 Å². The Labute approximate surface area is 66.1 Å². The molecule has 0 aliphatic carbocycles. The van der Waals surface area contributed by atoms with Crippen molar-refractivity contribution < 1.29 is 0 Å². The van der Waals surface area contributed by atoms with E-state index in [1.165, 1.54) is 24.1 Å². The summed E-state index contributed by atoms with van der Waals surface area (Å²) in [5.74, 6) is 0. The summed E-state index contributed by atoms with van der Waals surface area (Å²) >= 11 is 1.51. The molecule has 54 valence electrons. The van der Waals surface area contributed by atoms with E-state index in [1.807, 2.05) is 17.6 Å². The molecule has 0 saturated heterocycles. The van der Waals surface area contributed by atoms with Crippen molar-refractivity contribution in [3.63, 3.8) is 0 Å². The maximum absolute atomic E-state index is 4.27. The zero-order valence-electron chi connectivity index (χ0n) is 6.08. The molecule has 0 radical (unpaired) electrons. The molecular weight excluding hydrogens is 142 g/mol. The molecule has 0 aromatic heterocycles. The number of rotatable bonds is 2. The number of allylic oxidation sites excluding steroid dienone is 3. The van der Waals surface area contributed by atoms with E-state index in [9.17, 15) is 0 Å². The van der Waals surface area contributed by atoms with Gasteiger partial charge in [-0.15, -0.1) is 0 Å². The van der Waals surface area contributed by atoms with E-state index >= 15 is 0 Å². The van der Waals surface area contributed by atoms with Gasteiger partial charge in [-0.2, -0.15) is 0 Å². The SMILES string of the molecule is CCCC1=NSC=CC=C1. The smallest absolute Gasteiger partial charge is 0.0490 e. The van der Waals surface area contributed by atoms with Crippen LogP contribution in [0.5, 0.6) is 0 Å². The van der Waals surface area contributed by atoms with Gasteiger partial charge in [-0.3, -0.25) is 0 Å². The van der Waals surface area contributed by atoms with E-state index in [0.29, 0.717) is 0 Å². The molecule has 2 heteroatoms. The van der Waals surface area contributed by atoms with Crippen molar-refractivity contribution in [3.8, 4) is 0 Å². The molecule has 1 aliphatic rings. The summed E-state index contributed by atoms with van der Waals surface area (Å²) < 4.78 is 4.27. The van der Waals surface area contributed by atoms with Crippen LogP contribution in [0.3, 0.4) is 0 Å². The van der Waals surface area contributed by atoms with Crippen LogP contribution in [0, 0.1) is 0 Å². The summed E-state index contributed by atoms with van der Waals surface area (Å²) in [6, 6.07) is 0. The van der Waals surface area contributed by atoms with E-state index in [0.717, 1.165) is 6.42 Å². The Bertz CT molecular complexity index is 180. The van der Waals surface area contributed by atoms with Gasteiger partial charge in [0.2, 0.25) is 0 Å². The van der Waals surface area contributed by atoms with Crippen LogP contribution in [-0.4, -0.2) is 5.71 Å². The van der Waals surface area contributed by atoms with Gasteiger partial charge in [-0.05, 0) is 17.9 Å². The first kappa shape index (κ1) is 7.61. The number of hydrogen-bond donors (Lipinski definition) is 0. The third kappa shape index (κ3) is 2.40. The molecule has 0 fully saturated rings. The molecular formula is C8H11NS. The first-order valence-corrected chi connectivity index (χ1v) is 4.33. The predicted molar refractivity (Wildman–Crippen MR) is 48.2 cm³/mol. The van der Waals surface area contributed by atoms with Crippen molar-refractivity contribution in [3.05, 3.63) is 23.6 Å².